The number of alkyl carbamates (subject to hydrolysis) is 1. The smallest absolute Gasteiger partial charge is 0.412 e. The van der Waals surface area contributed by atoms with Crippen LogP contribution in [-0.4, -0.2) is 12.1 Å². The summed E-state index contributed by atoms with van der Waals surface area (Å²) in [4.78, 5) is 13.0. The fraction of sp³-hybridized carbons (Fsp3) is 0.357. The molecule has 1 aromatic rings. The van der Waals surface area contributed by atoms with Crippen LogP contribution in [0.4, 0.5) is 4.79 Å². The SMILES string of the molecule is CC1=C(NC(=O)O[C@H](C)c2ccccc2Cl)C(C)NS1. The lowest BCUT2D eigenvalue weighted by atomic mass is 10.1. The van der Waals surface area contributed by atoms with Gasteiger partial charge in [-0.05, 0) is 38.8 Å². The van der Waals surface area contributed by atoms with Crippen LogP contribution in [0.15, 0.2) is 34.9 Å². The predicted molar refractivity (Wildman–Crippen MR) is 82.4 cm³/mol. The second kappa shape index (κ2) is 6.52. The minimum absolute atomic E-state index is 0.100. The predicted octanol–water partition coefficient (Wildman–Crippen LogP) is 4.00. The molecular formula is C14H17ClN2O2S. The number of amides is 1. The number of carbonyl (C=O) groups is 1. The van der Waals surface area contributed by atoms with Crippen molar-refractivity contribution in [2.24, 2.45) is 0 Å². The average Bonchev–Trinajstić information content (AvgIpc) is 2.71. The Bertz CT molecular complexity index is 548. The van der Waals surface area contributed by atoms with E-state index in [1.165, 1.54) is 11.9 Å². The first kappa shape index (κ1) is 15.2. The molecule has 0 radical (unpaired) electrons. The van der Waals surface area contributed by atoms with E-state index < -0.39 is 12.2 Å². The molecule has 2 rings (SSSR count). The van der Waals surface area contributed by atoms with Crippen LogP contribution in [0.2, 0.25) is 5.02 Å². The van der Waals surface area contributed by atoms with E-state index >= 15 is 0 Å². The largest absolute Gasteiger partial charge is 0.441 e. The monoisotopic (exact) mass is 312 g/mol. The van der Waals surface area contributed by atoms with Crippen molar-refractivity contribution in [2.45, 2.75) is 32.9 Å². The number of nitrogens with one attached hydrogen (secondary N) is 2. The summed E-state index contributed by atoms with van der Waals surface area (Å²) in [5.74, 6) is 0. The van der Waals surface area contributed by atoms with Crippen LogP contribution in [0.5, 0.6) is 0 Å². The fourth-order valence-electron chi connectivity index (χ4n) is 1.96. The van der Waals surface area contributed by atoms with Crippen molar-refractivity contribution in [3.63, 3.8) is 0 Å². The molecule has 20 heavy (non-hydrogen) atoms. The summed E-state index contributed by atoms with van der Waals surface area (Å²) in [6, 6.07) is 7.44. The Morgan fingerprint density at radius 3 is 2.80 bits per heavy atom. The Balaban J connectivity index is 1.99. The number of hydrogen-bond donors (Lipinski definition) is 2. The maximum absolute atomic E-state index is 11.9. The van der Waals surface area contributed by atoms with E-state index in [0.29, 0.717) is 5.02 Å². The Morgan fingerprint density at radius 2 is 2.20 bits per heavy atom. The second-order valence-electron chi connectivity index (χ2n) is 4.61. The van der Waals surface area contributed by atoms with Crippen molar-refractivity contribution in [2.75, 3.05) is 0 Å². The van der Waals surface area contributed by atoms with Crippen molar-refractivity contribution >= 4 is 29.6 Å². The topological polar surface area (TPSA) is 50.4 Å². The third-order valence-electron chi connectivity index (χ3n) is 3.06. The molecular weight excluding hydrogens is 296 g/mol. The van der Waals surface area contributed by atoms with Crippen LogP contribution in [0, 0.1) is 0 Å². The number of ether oxygens (including phenoxy) is 1. The molecule has 0 saturated carbocycles. The third-order valence-corrected chi connectivity index (χ3v) is 4.41. The Hall–Kier alpha value is -1.17. The van der Waals surface area contributed by atoms with E-state index in [2.05, 4.69) is 10.0 Å². The molecule has 0 spiro atoms. The highest BCUT2D eigenvalue weighted by atomic mass is 35.5. The van der Waals surface area contributed by atoms with Crippen LogP contribution < -0.4 is 10.0 Å². The molecule has 1 amide bonds. The first-order valence-corrected chi connectivity index (χ1v) is 7.53. The van der Waals surface area contributed by atoms with Crippen LogP contribution in [-0.2, 0) is 4.74 Å². The Kier molecular flexibility index (Phi) is 4.96. The summed E-state index contributed by atoms with van der Waals surface area (Å²) < 4.78 is 8.54. The number of rotatable bonds is 3. The van der Waals surface area contributed by atoms with Gasteiger partial charge in [0.15, 0.2) is 0 Å². The maximum Gasteiger partial charge on any atom is 0.412 e. The van der Waals surface area contributed by atoms with Gasteiger partial charge in [-0.2, -0.15) is 0 Å². The molecule has 0 bridgehead atoms. The maximum atomic E-state index is 11.9. The second-order valence-corrected chi connectivity index (χ2v) is 6.06. The zero-order valence-corrected chi connectivity index (χ0v) is 13.1. The Morgan fingerprint density at radius 1 is 1.50 bits per heavy atom. The van der Waals surface area contributed by atoms with E-state index in [0.717, 1.165) is 16.2 Å². The van der Waals surface area contributed by atoms with E-state index in [1.54, 1.807) is 13.0 Å². The molecule has 1 heterocycles. The number of carbonyl (C=O) groups excluding carboxylic acids is 1. The standard InChI is InChI=1S/C14H17ClN2O2S/c1-8-13(10(3)20-17-8)16-14(18)19-9(2)11-6-4-5-7-12(11)15/h4-9,17H,1-3H3,(H,16,18)/t8?,9-/m1/s1. The van der Waals surface area contributed by atoms with Gasteiger partial charge >= 0.3 is 6.09 Å². The van der Waals surface area contributed by atoms with Gasteiger partial charge in [0.25, 0.3) is 0 Å². The molecule has 4 nitrogen and oxygen atoms in total. The van der Waals surface area contributed by atoms with Crippen LogP contribution in [0.1, 0.15) is 32.4 Å². The van der Waals surface area contributed by atoms with Crippen molar-refractivity contribution in [1.82, 2.24) is 10.0 Å². The summed E-state index contributed by atoms with van der Waals surface area (Å²) in [6.07, 6.45) is -0.871. The first-order chi connectivity index (χ1) is 9.49. The molecule has 2 N–H and O–H groups in total. The van der Waals surface area contributed by atoms with Crippen LogP contribution in [0.25, 0.3) is 0 Å². The molecule has 6 heteroatoms. The lowest BCUT2D eigenvalue weighted by molar-refractivity contribution is 0.109. The van der Waals surface area contributed by atoms with E-state index in [4.69, 9.17) is 16.3 Å². The number of halogens is 1. The highest BCUT2D eigenvalue weighted by molar-refractivity contribution is 8.01. The van der Waals surface area contributed by atoms with Gasteiger partial charge in [0.2, 0.25) is 0 Å². The molecule has 1 aliphatic rings. The van der Waals surface area contributed by atoms with Crippen LogP contribution in [0.3, 0.4) is 0 Å². The highest BCUT2D eigenvalue weighted by Gasteiger charge is 2.23. The molecule has 0 aromatic heterocycles. The first-order valence-electron chi connectivity index (χ1n) is 6.34. The summed E-state index contributed by atoms with van der Waals surface area (Å²) in [5.41, 5.74) is 1.65. The number of benzene rings is 1. The van der Waals surface area contributed by atoms with Gasteiger partial charge in [-0.3, -0.25) is 10.0 Å². The van der Waals surface area contributed by atoms with E-state index in [-0.39, 0.29) is 6.04 Å². The summed E-state index contributed by atoms with van der Waals surface area (Å²) in [5, 5.41) is 3.38. The van der Waals surface area contributed by atoms with Crippen LogP contribution >= 0.6 is 23.5 Å². The van der Waals surface area contributed by atoms with Gasteiger partial charge in [0, 0.05) is 21.2 Å². The quantitative estimate of drug-likeness (QED) is 0.828. The molecule has 2 atom stereocenters. The van der Waals surface area contributed by atoms with Gasteiger partial charge in [0.05, 0.1) is 6.04 Å². The average molecular weight is 313 g/mol. The Labute approximate surface area is 128 Å². The minimum atomic E-state index is -0.470. The molecule has 108 valence electrons. The van der Waals surface area contributed by atoms with E-state index in [9.17, 15) is 4.79 Å². The van der Waals surface area contributed by atoms with Gasteiger partial charge in [-0.25, -0.2) is 4.79 Å². The lowest BCUT2D eigenvalue weighted by Crippen LogP contribution is -2.32. The fourth-order valence-corrected chi connectivity index (χ4v) is 3.06. The zero-order chi connectivity index (χ0) is 14.7. The zero-order valence-electron chi connectivity index (χ0n) is 11.6. The molecule has 1 unspecified atom stereocenters. The van der Waals surface area contributed by atoms with Crippen molar-refractivity contribution in [3.05, 3.63) is 45.5 Å². The molecule has 0 fully saturated rings. The molecule has 0 aliphatic carbocycles. The van der Waals surface area contributed by atoms with Gasteiger partial charge in [-0.1, -0.05) is 29.8 Å². The summed E-state index contributed by atoms with van der Waals surface area (Å²) in [7, 11) is 0. The van der Waals surface area contributed by atoms with Gasteiger partial charge in [-0.15, -0.1) is 0 Å². The number of hydrogen-bond acceptors (Lipinski definition) is 4. The summed E-state index contributed by atoms with van der Waals surface area (Å²) >= 11 is 7.60. The molecule has 1 aromatic carbocycles. The van der Waals surface area contributed by atoms with Gasteiger partial charge < -0.3 is 4.74 Å². The molecule has 0 saturated heterocycles. The van der Waals surface area contributed by atoms with Crippen molar-refractivity contribution < 1.29 is 9.53 Å². The number of allylic oxidation sites excluding steroid dienone is 1. The normalized spacial score (nSPS) is 19.9. The summed E-state index contributed by atoms with van der Waals surface area (Å²) in [6.45, 7) is 5.73. The highest BCUT2D eigenvalue weighted by Crippen LogP contribution is 2.27. The minimum Gasteiger partial charge on any atom is -0.441 e. The molecule has 1 aliphatic heterocycles. The van der Waals surface area contributed by atoms with Gasteiger partial charge in [0.1, 0.15) is 6.10 Å². The lowest BCUT2D eigenvalue weighted by Gasteiger charge is -2.17. The third kappa shape index (κ3) is 3.48. The van der Waals surface area contributed by atoms with Crippen molar-refractivity contribution in [1.29, 1.82) is 0 Å². The van der Waals surface area contributed by atoms with E-state index in [1.807, 2.05) is 32.0 Å². The van der Waals surface area contributed by atoms with Crippen molar-refractivity contribution in [3.8, 4) is 0 Å².